The van der Waals surface area contributed by atoms with E-state index in [1.807, 2.05) is 0 Å². The Morgan fingerprint density at radius 1 is 1.48 bits per heavy atom. The van der Waals surface area contributed by atoms with Crippen molar-refractivity contribution >= 4 is 32.1 Å². The van der Waals surface area contributed by atoms with Crippen LogP contribution >= 0.6 is 11.3 Å². The van der Waals surface area contributed by atoms with Crippen molar-refractivity contribution in [3.63, 3.8) is 0 Å². The molecular formula is C12H14N4O3S2. The van der Waals surface area contributed by atoms with Crippen LogP contribution in [0.4, 0.5) is 5.82 Å². The summed E-state index contributed by atoms with van der Waals surface area (Å²) in [5.74, 6) is 1.25. The van der Waals surface area contributed by atoms with Crippen LogP contribution < -0.4 is 10.5 Å². The quantitative estimate of drug-likeness (QED) is 0.762. The molecule has 9 heteroatoms. The van der Waals surface area contributed by atoms with Crippen molar-refractivity contribution in [3.05, 3.63) is 35.2 Å². The van der Waals surface area contributed by atoms with E-state index < -0.39 is 16.1 Å². The number of nitrogen functional groups attached to an aromatic ring is 1. The molecule has 0 amide bonds. The molecule has 21 heavy (non-hydrogen) atoms. The minimum absolute atomic E-state index is 0.0165. The number of thiazole rings is 1. The van der Waals surface area contributed by atoms with Crippen molar-refractivity contribution in [1.29, 1.82) is 0 Å². The molecule has 1 atom stereocenters. The number of nitrogens with zero attached hydrogens (tertiary/aromatic N) is 2. The van der Waals surface area contributed by atoms with Gasteiger partial charge >= 0.3 is 0 Å². The number of anilines is 1. The molecule has 0 aliphatic carbocycles. The molecule has 0 fully saturated rings. The molecule has 0 aromatic carbocycles. The predicted molar refractivity (Wildman–Crippen MR) is 79.7 cm³/mol. The van der Waals surface area contributed by atoms with Gasteiger partial charge in [-0.2, -0.15) is 4.72 Å². The summed E-state index contributed by atoms with van der Waals surface area (Å²) < 4.78 is 34.5. The normalized spacial score (nSPS) is 13.8. The molecule has 0 saturated heterocycles. The highest BCUT2D eigenvalue weighted by atomic mass is 32.2. The Kier molecular flexibility index (Phi) is 3.27. The lowest BCUT2D eigenvalue weighted by atomic mass is 10.3. The number of fused-ring (bicyclic) bond motifs is 1. The monoisotopic (exact) mass is 326 g/mol. The number of nitrogens with two attached hydrogens (primary N) is 1. The van der Waals surface area contributed by atoms with Crippen LogP contribution in [0.2, 0.25) is 0 Å². The molecule has 0 aliphatic heterocycles. The zero-order valence-corrected chi connectivity index (χ0v) is 13.0. The highest BCUT2D eigenvalue weighted by Crippen LogP contribution is 2.25. The SMILES string of the molecule is Cc1ccc(C(C)NS(=O)(=O)c2c(N)nc3sccn23)o1. The molecule has 0 saturated carbocycles. The van der Waals surface area contributed by atoms with E-state index in [4.69, 9.17) is 10.2 Å². The van der Waals surface area contributed by atoms with E-state index in [0.717, 1.165) is 5.76 Å². The molecule has 0 radical (unpaired) electrons. The molecule has 0 bridgehead atoms. The summed E-state index contributed by atoms with van der Waals surface area (Å²) in [7, 11) is -3.81. The van der Waals surface area contributed by atoms with Gasteiger partial charge in [0.15, 0.2) is 15.8 Å². The number of imidazole rings is 1. The van der Waals surface area contributed by atoms with Gasteiger partial charge in [-0.25, -0.2) is 13.4 Å². The summed E-state index contributed by atoms with van der Waals surface area (Å²) in [5.41, 5.74) is 5.73. The summed E-state index contributed by atoms with van der Waals surface area (Å²) in [4.78, 5) is 4.58. The first kappa shape index (κ1) is 14.1. The van der Waals surface area contributed by atoms with Crippen molar-refractivity contribution in [2.45, 2.75) is 24.9 Å². The molecule has 3 aromatic heterocycles. The molecule has 3 aromatic rings. The van der Waals surface area contributed by atoms with Gasteiger partial charge in [-0.05, 0) is 26.0 Å². The van der Waals surface area contributed by atoms with E-state index in [2.05, 4.69) is 9.71 Å². The lowest BCUT2D eigenvalue weighted by Crippen LogP contribution is -2.28. The smallest absolute Gasteiger partial charge is 0.261 e. The molecule has 0 aliphatic rings. The summed E-state index contributed by atoms with van der Waals surface area (Å²) in [6.45, 7) is 3.51. The second-order valence-corrected chi connectivity index (χ2v) is 7.15. The number of aryl methyl sites for hydroxylation is 1. The van der Waals surface area contributed by atoms with Crippen molar-refractivity contribution in [3.8, 4) is 0 Å². The number of nitrogens with one attached hydrogen (secondary N) is 1. The van der Waals surface area contributed by atoms with E-state index in [1.165, 1.54) is 15.7 Å². The van der Waals surface area contributed by atoms with Gasteiger partial charge in [-0.3, -0.25) is 4.40 Å². The van der Waals surface area contributed by atoms with Crippen LogP contribution in [0.1, 0.15) is 24.5 Å². The molecule has 0 spiro atoms. The van der Waals surface area contributed by atoms with E-state index >= 15 is 0 Å². The maximum absolute atomic E-state index is 12.5. The minimum Gasteiger partial charge on any atom is -0.465 e. The fraction of sp³-hybridized carbons (Fsp3) is 0.250. The molecule has 7 nitrogen and oxygen atoms in total. The van der Waals surface area contributed by atoms with Crippen molar-refractivity contribution in [1.82, 2.24) is 14.1 Å². The number of hydrogen-bond acceptors (Lipinski definition) is 6. The number of furan rings is 1. The van der Waals surface area contributed by atoms with Crippen LogP contribution in [0.3, 0.4) is 0 Å². The van der Waals surface area contributed by atoms with E-state index in [1.54, 1.807) is 37.6 Å². The largest absolute Gasteiger partial charge is 0.465 e. The minimum atomic E-state index is -3.81. The second-order valence-electron chi connectivity index (χ2n) is 4.65. The van der Waals surface area contributed by atoms with E-state index in [0.29, 0.717) is 10.7 Å². The zero-order valence-electron chi connectivity index (χ0n) is 11.4. The topological polar surface area (TPSA) is 103 Å². The van der Waals surface area contributed by atoms with Crippen LogP contribution in [0, 0.1) is 6.92 Å². The van der Waals surface area contributed by atoms with E-state index in [-0.39, 0.29) is 10.8 Å². The van der Waals surface area contributed by atoms with Crippen LogP contribution in [-0.2, 0) is 10.0 Å². The highest BCUT2D eigenvalue weighted by Gasteiger charge is 2.27. The summed E-state index contributed by atoms with van der Waals surface area (Å²) in [6, 6.07) is 3.01. The molecule has 3 N–H and O–H groups in total. The van der Waals surface area contributed by atoms with Gasteiger partial charge in [0.2, 0.25) is 0 Å². The van der Waals surface area contributed by atoms with Crippen molar-refractivity contribution in [2.24, 2.45) is 0 Å². The summed E-state index contributed by atoms with van der Waals surface area (Å²) in [5, 5.41) is 1.70. The van der Waals surface area contributed by atoms with Crippen LogP contribution in [0.5, 0.6) is 0 Å². The molecular weight excluding hydrogens is 312 g/mol. The average molecular weight is 326 g/mol. The first-order chi connectivity index (χ1) is 9.88. The highest BCUT2D eigenvalue weighted by molar-refractivity contribution is 7.89. The summed E-state index contributed by atoms with van der Waals surface area (Å²) >= 11 is 1.32. The zero-order chi connectivity index (χ0) is 15.2. The Balaban J connectivity index is 1.97. The lowest BCUT2D eigenvalue weighted by molar-refractivity contribution is 0.441. The maximum Gasteiger partial charge on any atom is 0.261 e. The van der Waals surface area contributed by atoms with Crippen LogP contribution in [0.15, 0.2) is 33.2 Å². The second kappa shape index (κ2) is 4.86. The van der Waals surface area contributed by atoms with Crippen molar-refractivity contribution < 1.29 is 12.8 Å². The molecule has 3 heterocycles. The third kappa shape index (κ3) is 2.43. The number of sulfonamides is 1. The van der Waals surface area contributed by atoms with Gasteiger partial charge < -0.3 is 10.2 Å². The number of aromatic nitrogens is 2. The molecule has 3 rings (SSSR count). The Bertz CT molecular complexity index is 891. The van der Waals surface area contributed by atoms with Gasteiger partial charge in [0.25, 0.3) is 10.0 Å². The van der Waals surface area contributed by atoms with Gasteiger partial charge in [-0.1, -0.05) is 0 Å². The Morgan fingerprint density at radius 2 is 2.24 bits per heavy atom. The Labute approximate surface area is 125 Å². The third-order valence-electron chi connectivity index (χ3n) is 3.02. The van der Waals surface area contributed by atoms with Gasteiger partial charge in [0.1, 0.15) is 11.5 Å². The molecule has 1 unspecified atom stereocenters. The fourth-order valence-electron chi connectivity index (χ4n) is 2.08. The fourth-order valence-corrected chi connectivity index (χ4v) is 4.28. The maximum atomic E-state index is 12.5. The third-order valence-corrected chi connectivity index (χ3v) is 5.35. The summed E-state index contributed by atoms with van der Waals surface area (Å²) in [6.07, 6.45) is 1.62. The lowest BCUT2D eigenvalue weighted by Gasteiger charge is -2.11. The first-order valence-corrected chi connectivity index (χ1v) is 8.54. The van der Waals surface area contributed by atoms with Crippen LogP contribution in [0.25, 0.3) is 4.96 Å². The standard InChI is InChI=1S/C12H14N4O3S2/c1-7-3-4-9(19-7)8(2)15-21(17,18)11-10(13)14-12-16(11)5-6-20-12/h3-6,8,15H,13H2,1-2H3. The van der Waals surface area contributed by atoms with Gasteiger partial charge in [0.05, 0.1) is 6.04 Å². The van der Waals surface area contributed by atoms with Gasteiger partial charge in [-0.15, -0.1) is 11.3 Å². The predicted octanol–water partition coefficient (Wildman–Crippen LogP) is 1.92. The average Bonchev–Trinajstić information content (AvgIpc) is 3.03. The van der Waals surface area contributed by atoms with Crippen molar-refractivity contribution in [2.75, 3.05) is 5.73 Å². The molecule has 112 valence electrons. The Hall–Kier alpha value is -1.84. The van der Waals surface area contributed by atoms with E-state index in [9.17, 15) is 8.42 Å². The number of rotatable bonds is 4. The number of hydrogen-bond donors (Lipinski definition) is 2. The first-order valence-electron chi connectivity index (χ1n) is 6.18. The van der Waals surface area contributed by atoms with Crippen LogP contribution in [-0.4, -0.2) is 17.8 Å². The van der Waals surface area contributed by atoms with Gasteiger partial charge in [0, 0.05) is 11.6 Å². The Morgan fingerprint density at radius 3 is 2.90 bits per heavy atom.